The highest BCUT2D eigenvalue weighted by atomic mass is 16.1. The summed E-state index contributed by atoms with van der Waals surface area (Å²) in [5.41, 5.74) is 1.26. The molecular weight excluding hydrogens is 208 g/mol. The Morgan fingerprint density at radius 3 is 2.35 bits per heavy atom. The van der Waals surface area contributed by atoms with E-state index in [0.717, 1.165) is 12.8 Å². The van der Waals surface area contributed by atoms with E-state index in [2.05, 4.69) is 45.0 Å². The fourth-order valence-electron chi connectivity index (χ4n) is 3.03. The third kappa shape index (κ3) is 2.43. The summed E-state index contributed by atoms with van der Waals surface area (Å²) in [6.07, 6.45) is 3.00. The molecule has 1 aliphatic carbocycles. The number of carbonyl (C=O) groups is 1. The van der Waals surface area contributed by atoms with Crippen LogP contribution in [0.2, 0.25) is 0 Å². The maximum absolute atomic E-state index is 12.2. The van der Waals surface area contributed by atoms with Crippen molar-refractivity contribution in [3.05, 3.63) is 35.9 Å². The third-order valence-electron chi connectivity index (χ3n) is 4.28. The zero-order valence-corrected chi connectivity index (χ0v) is 11.1. The molecule has 1 aromatic carbocycles. The molecule has 0 bridgehead atoms. The normalized spacial score (nSPS) is 25.9. The second-order valence-corrected chi connectivity index (χ2v) is 5.99. The van der Waals surface area contributed by atoms with Crippen LogP contribution in [0.1, 0.15) is 45.6 Å². The lowest BCUT2D eigenvalue weighted by Crippen LogP contribution is -2.38. The van der Waals surface area contributed by atoms with E-state index >= 15 is 0 Å². The van der Waals surface area contributed by atoms with Crippen LogP contribution in [0.4, 0.5) is 0 Å². The average Bonchev–Trinajstić information content (AvgIpc) is 2.29. The first kappa shape index (κ1) is 12.3. The Balaban J connectivity index is 2.24. The summed E-state index contributed by atoms with van der Waals surface area (Å²) < 4.78 is 0. The average molecular weight is 230 g/mol. The molecule has 2 unspecified atom stereocenters. The fourth-order valence-corrected chi connectivity index (χ4v) is 3.03. The van der Waals surface area contributed by atoms with E-state index in [-0.39, 0.29) is 11.3 Å². The van der Waals surface area contributed by atoms with Gasteiger partial charge >= 0.3 is 0 Å². The van der Waals surface area contributed by atoms with E-state index in [4.69, 9.17) is 0 Å². The first-order chi connectivity index (χ1) is 8.01. The van der Waals surface area contributed by atoms with E-state index in [1.807, 2.05) is 6.07 Å². The Labute approximate surface area is 104 Å². The van der Waals surface area contributed by atoms with Crippen LogP contribution in [0.15, 0.2) is 30.3 Å². The molecule has 92 valence electrons. The van der Waals surface area contributed by atoms with Gasteiger partial charge in [0.05, 0.1) is 0 Å². The molecule has 0 spiro atoms. The molecule has 1 heteroatoms. The van der Waals surface area contributed by atoms with E-state index in [0.29, 0.717) is 11.7 Å². The van der Waals surface area contributed by atoms with Gasteiger partial charge in [0.2, 0.25) is 0 Å². The highest BCUT2D eigenvalue weighted by Gasteiger charge is 2.38. The minimum atomic E-state index is -0.0293. The summed E-state index contributed by atoms with van der Waals surface area (Å²) in [4.78, 5) is 12.2. The lowest BCUT2D eigenvalue weighted by atomic mass is 9.65. The second-order valence-electron chi connectivity index (χ2n) is 5.99. The molecule has 0 heterocycles. The molecule has 1 saturated carbocycles. The number of hydrogen-bond acceptors (Lipinski definition) is 1. The van der Waals surface area contributed by atoms with Gasteiger partial charge in [-0.1, -0.05) is 51.1 Å². The minimum absolute atomic E-state index is 0.0293. The molecule has 2 atom stereocenters. The lowest BCUT2D eigenvalue weighted by Gasteiger charge is -2.37. The molecule has 0 aromatic heterocycles. The summed E-state index contributed by atoms with van der Waals surface area (Å²) in [5.74, 6) is 1.23. The summed E-state index contributed by atoms with van der Waals surface area (Å²) in [7, 11) is 0. The van der Waals surface area contributed by atoms with Crippen LogP contribution in [0.25, 0.3) is 0 Å². The Hall–Kier alpha value is -1.11. The molecule has 1 fully saturated rings. The number of rotatable bonds is 2. The predicted octanol–water partition coefficient (Wildman–Crippen LogP) is 3.97. The van der Waals surface area contributed by atoms with Gasteiger partial charge in [0.15, 0.2) is 0 Å². The van der Waals surface area contributed by atoms with Crippen molar-refractivity contribution in [3.8, 4) is 0 Å². The zero-order valence-electron chi connectivity index (χ0n) is 11.1. The van der Waals surface area contributed by atoms with Crippen molar-refractivity contribution in [3.63, 3.8) is 0 Å². The minimum Gasteiger partial charge on any atom is -0.299 e. The molecule has 0 radical (unpaired) electrons. The van der Waals surface area contributed by atoms with Crippen LogP contribution >= 0.6 is 0 Å². The SMILES string of the molecule is CC1CCC(C(C)(C)c2ccccc2)C(=O)C1. The smallest absolute Gasteiger partial charge is 0.137 e. The third-order valence-corrected chi connectivity index (χ3v) is 4.28. The fraction of sp³-hybridized carbons (Fsp3) is 0.562. The van der Waals surface area contributed by atoms with Crippen LogP contribution in [0.5, 0.6) is 0 Å². The molecule has 1 aromatic rings. The Morgan fingerprint density at radius 1 is 1.12 bits per heavy atom. The molecule has 0 N–H and O–H groups in total. The summed E-state index contributed by atoms with van der Waals surface area (Å²) in [6, 6.07) is 10.4. The number of hydrogen-bond donors (Lipinski definition) is 0. The van der Waals surface area contributed by atoms with Gasteiger partial charge in [0.25, 0.3) is 0 Å². The van der Waals surface area contributed by atoms with Crippen molar-refractivity contribution in [2.24, 2.45) is 11.8 Å². The first-order valence-corrected chi connectivity index (χ1v) is 6.60. The molecule has 0 saturated heterocycles. The molecule has 0 aliphatic heterocycles. The van der Waals surface area contributed by atoms with Crippen molar-refractivity contribution in [2.45, 2.75) is 45.4 Å². The number of ketones is 1. The quantitative estimate of drug-likeness (QED) is 0.751. The summed E-state index contributed by atoms with van der Waals surface area (Å²) in [6.45, 7) is 6.60. The van der Waals surface area contributed by atoms with Crippen molar-refractivity contribution in [1.82, 2.24) is 0 Å². The molecule has 1 aliphatic rings. The van der Waals surface area contributed by atoms with Gasteiger partial charge in [-0.2, -0.15) is 0 Å². The maximum atomic E-state index is 12.2. The molecule has 1 nitrogen and oxygen atoms in total. The van der Waals surface area contributed by atoms with Crippen LogP contribution in [-0.2, 0) is 10.2 Å². The van der Waals surface area contributed by atoms with Gasteiger partial charge in [0.1, 0.15) is 5.78 Å². The van der Waals surface area contributed by atoms with E-state index in [1.165, 1.54) is 12.0 Å². The highest BCUT2D eigenvalue weighted by Crippen LogP contribution is 2.40. The van der Waals surface area contributed by atoms with Crippen molar-refractivity contribution < 1.29 is 4.79 Å². The van der Waals surface area contributed by atoms with Gasteiger partial charge in [-0.05, 0) is 29.7 Å². The maximum Gasteiger partial charge on any atom is 0.137 e. The topological polar surface area (TPSA) is 17.1 Å². The Bertz CT molecular complexity index is 391. The van der Waals surface area contributed by atoms with Crippen LogP contribution in [-0.4, -0.2) is 5.78 Å². The molecule has 17 heavy (non-hydrogen) atoms. The number of carbonyl (C=O) groups excluding carboxylic acids is 1. The second kappa shape index (κ2) is 4.64. The largest absolute Gasteiger partial charge is 0.299 e. The van der Waals surface area contributed by atoms with E-state index < -0.39 is 0 Å². The monoisotopic (exact) mass is 230 g/mol. The van der Waals surface area contributed by atoms with Crippen LogP contribution in [0, 0.1) is 11.8 Å². The van der Waals surface area contributed by atoms with Crippen LogP contribution < -0.4 is 0 Å². The van der Waals surface area contributed by atoms with Gasteiger partial charge in [-0.15, -0.1) is 0 Å². The molecule has 0 amide bonds. The molecular formula is C16H22O. The summed E-state index contributed by atoms with van der Waals surface area (Å²) in [5, 5.41) is 0. The van der Waals surface area contributed by atoms with Crippen LogP contribution in [0.3, 0.4) is 0 Å². The van der Waals surface area contributed by atoms with Crippen molar-refractivity contribution in [2.75, 3.05) is 0 Å². The van der Waals surface area contributed by atoms with Gasteiger partial charge in [0, 0.05) is 12.3 Å². The van der Waals surface area contributed by atoms with Crippen molar-refractivity contribution >= 4 is 5.78 Å². The van der Waals surface area contributed by atoms with Gasteiger partial charge < -0.3 is 0 Å². The zero-order chi connectivity index (χ0) is 12.5. The van der Waals surface area contributed by atoms with E-state index in [1.54, 1.807) is 0 Å². The number of Topliss-reactive ketones (excluding diaryl/α,β-unsaturated/α-hetero) is 1. The molecule has 2 rings (SSSR count). The Kier molecular flexibility index (Phi) is 3.37. The highest BCUT2D eigenvalue weighted by molar-refractivity contribution is 5.83. The Morgan fingerprint density at radius 2 is 1.76 bits per heavy atom. The first-order valence-electron chi connectivity index (χ1n) is 6.60. The van der Waals surface area contributed by atoms with Gasteiger partial charge in [-0.25, -0.2) is 0 Å². The standard InChI is InChI=1S/C16H22O/c1-12-9-10-14(15(17)11-12)16(2,3)13-7-5-4-6-8-13/h4-8,12,14H,9-11H2,1-3H3. The van der Waals surface area contributed by atoms with Gasteiger partial charge in [-0.3, -0.25) is 4.79 Å². The predicted molar refractivity (Wildman–Crippen MR) is 71.0 cm³/mol. The van der Waals surface area contributed by atoms with E-state index in [9.17, 15) is 4.79 Å². The summed E-state index contributed by atoms with van der Waals surface area (Å²) >= 11 is 0. The lowest BCUT2D eigenvalue weighted by molar-refractivity contribution is -0.128. The number of benzene rings is 1. The van der Waals surface area contributed by atoms with Crippen molar-refractivity contribution in [1.29, 1.82) is 0 Å².